The van der Waals surface area contributed by atoms with Crippen LogP contribution in [-0.2, 0) is 0 Å². The molecule has 0 saturated heterocycles. The van der Waals surface area contributed by atoms with Gasteiger partial charge in [0, 0.05) is 11.3 Å². The zero-order valence-electron chi connectivity index (χ0n) is 16.3. The number of fused-ring (bicyclic) bond motifs is 1. The Balaban J connectivity index is 0.000000391. The first-order valence-electron chi connectivity index (χ1n) is 9.22. The number of ether oxygens (including phenoxy) is 1. The van der Waals surface area contributed by atoms with Crippen molar-refractivity contribution in [3.8, 4) is 23.1 Å². The molecule has 1 aliphatic rings. The van der Waals surface area contributed by atoms with Crippen LogP contribution in [0.5, 0.6) is 5.75 Å². The smallest absolute Gasteiger partial charge is 0.254 e. The minimum Gasteiger partial charge on any atom is -0.495 e. The number of nitriles is 1. The third-order valence-corrected chi connectivity index (χ3v) is 4.81. The van der Waals surface area contributed by atoms with Gasteiger partial charge >= 0.3 is 0 Å². The summed E-state index contributed by atoms with van der Waals surface area (Å²) < 4.78 is 6.90. The summed E-state index contributed by atoms with van der Waals surface area (Å²) in [4.78, 5) is 16.0. The van der Waals surface area contributed by atoms with Gasteiger partial charge in [-0.2, -0.15) is 10.4 Å². The largest absolute Gasteiger partial charge is 0.495 e. The van der Waals surface area contributed by atoms with Gasteiger partial charge in [-0.15, -0.1) is 0 Å². The Morgan fingerprint density at radius 2 is 2.18 bits per heavy atom. The summed E-state index contributed by atoms with van der Waals surface area (Å²) in [5.41, 5.74) is 8.40. The van der Waals surface area contributed by atoms with E-state index in [1.165, 1.54) is 32.6 Å². The third kappa shape index (κ3) is 3.81. The van der Waals surface area contributed by atoms with Crippen LogP contribution in [-0.4, -0.2) is 27.6 Å². The summed E-state index contributed by atoms with van der Waals surface area (Å²) in [5, 5.41) is 13.3. The van der Waals surface area contributed by atoms with Gasteiger partial charge in [0.05, 0.1) is 24.6 Å². The molecule has 0 bridgehead atoms. The number of carbonyl (C=O) groups excluding carboxylic acids is 1. The van der Waals surface area contributed by atoms with Crippen molar-refractivity contribution in [3.63, 3.8) is 0 Å². The van der Waals surface area contributed by atoms with E-state index in [2.05, 4.69) is 23.1 Å². The zero-order valence-corrected chi connectivity index (χ0v) is 16.3. The van der Waals surface area contributed by atoms with Crippen molar-refractivity contribution in [3.05, 3.63) is 47.3 Å². The molecule has 0 aliphatic heterocycles. The number of methoxy groups -OCH3 is 1. The van der Waals surface area contributed by atoms with Crippen molar-refractivity contribution in [1.82, 2.24) is 14.6 Å². The molecule has 144 valence electrons. The Morgan fingerprint density at radius 3 is 2.71 bits per heavy atom. The molecule has 1 amide bonds. The molecule has 0 spiro atoms. The second-order valence-electron chi connectivity index (χ2n) is 6.79. The first-order valence-corrected chi connectivity index (χ1v) is 9.22. The fourth-order valence-corrected chi connectivity index (χ4v) is 3.00. The number of carbonyl (C=O) groups is 1. The number of amides is 1. The molecule has 7 heteroatoms. The van der Waals surface area contributed by atoms with E-state index < -0.39 is 5.91 Å². The number of rotatable bonds is 4. The molecule has 2 N–H and O–H groups in total. The van der Waals surface area contributed by atoms with Crippen LogP contribution < -0.4 is 10.5 Å². The Kier molecular flexibility index (Phi) is 5.59. The van der Waals surface area contributed by atoms with E-state index in [9.17, 15) is 10.1 Å². The van der Waals surface area contributed by atoms with E-state index >= 15 is 0 Å². The molecule has 28 heavy (non-hydrogen) atoms. The normalized spacial score (nSPS) is 12.8. The monoisotopic (exact) mass is 377 g/mol. The number of hydrogen-bond donors (Lipinski definition) is 1. The van der Waals surface area contributed by atoms with Crippen LogP contribution in [0.4, 0.5) is 0 Å². The molecule has 7 nitrogen and oxygen atoms in total. The van der Waals surface area contributed by atoms with E-state index in [-0.39, 0.29) is 5.56 Å². The van der Waals surface area contributed by atoms with Gasteiger partial charge in [-0.05, 0) is 31.0 Å². The van der Waals surface area contributed by atoms with Crippen molar-refractivity contribution >= 4 is 11.6 Å². The molecule has 1 aliphatic carbocycles. The first kappa shape index (κ1) is 19.4. The maximum absolute atomic E-state index is 11.5. The number of hydrogen-bond acceptors (Lipinski definition) is 5. The fraction of sp³-hybridized carbons (Fsp3) is 0.333. The maximum atomic E-state index is 11.5. The van der Waals surface area contributed by atoms with Crippen LogP contribution in [0.25, 0.3) is 16.9 Å². The Morgan fingerprint density at radius 1 is 1.43 bits per heavy atom. The van der Waals surface area contributed by atoms with Gasteiger partial charge in [0.15, 0.2) is 5.65 Å². The summed E-state index contributed by atoms with van der Waals surface area (Å²) in [6.45, 7) is 4.11. The predicted octanol–water partition coefficient (Wildman–Crippen LogP) is 3.49. The Labute approximate surface area is 163 Å². The topological polar surface area (TPSA) is 106 Å². The third-order valence-electron chi connectivity index (χ3n) is 4.81. The zero-order chi connectivity index (χ0) is 20.3. The number of para-hydroxylation sites is 1. The van der Waals surface area contributed by atoms with Crippen LogP contribution >= 0.6 is 0 Å². The van der Waals surface area contributed by atoms with Gasteiger partial charge in [0.25, 0.3) is 5.91 Å². The number of benzene rings is 1. The van der Waals surface area contributed by atoms with Gasteiger partial charge in [0.2, 0.25) is 0 Å². The van der Waals surface area contributed by atoms with Gasteiger partial charge in [-0.3, -0.25) is 4.79 Å². The van der Waals surface area contributed by atoms with Crippen molar-refractivity contribution in [1.29, 1.82) is 5.26 Å². The van der Waals surface area contributed by atoms with Gasteiger partial charge in [-0.1, -0.05) is 32.3 Å². The molecule has 0 atom stereocenters. The lowest BCUT2D eigenvalue weighted by atomic mass is 10.1. The van der Waals surface area contributed by atoms with E-state index in [1.54, 1.807) is 22.7 Å². The van der Waals surface area contributed by atoms with Crippen LogP contribution in [0.1, 0.15) is 47.8 Å². The summed E-state index contributed by atoms with van der Waals surface area (Å²) in [6, 6.07) is 9.12. The second kappa shape index (κ2) is 8.09. The quantitative estimate of drug-likeness (QED) is 0.749. The minimum atomic E-state index is -0.596. The minimum absolute atomic E-state index is 0.241. The summed E-state index contributed by atoms with van der Waals surface area (Å²) >= 11 is 0. The Hall–Kier alpha value is -3.40. The highest BCUT2D eigenvalue weighted by molar-refractivity contribution is 5.98. The molecule has 2 heterocycles. The highest BCUT2D eigenvalue weighted by Gasteiger charge is 2.18. The molecule has 2 aromatic heterocycles. The molecule has 3 aromatic rings. The second-order valence-corrected chi connectivity index (χ2v) is 6.79. The lowest BCUT2D eigenvalue weighted by molar-refractivity contribution is 0.100. The van der Waals surface area contributed by atoms with Gasteiger partial charge in [-0.25, -0.2) is 9.50 Å². The molecule has 1 fully saturated rings. The van der Waals surface area contributed by atoms with Crippen molar-refractivity contribution in [2.24, 2.45) is 11.7 Å². The molecule has 1 aromatic carbocycles. The molecule has 4 rings (SSSR count). The Bertz CT molecular complexity index is 1060. The summed E-state index contributed by atoms with van der Waals surface area (Å²) in [7, 11) is 1.50. The molecular formula is C21H23N5O2. The van der Waals surface area contributed by atoms with E-state index in [0.717, 1.165) is 11.6 Å². The van der Waals surface area contributed by atoms with Crippen LogP contribution in [0, 0.1) is 24.2 Å². The number of primary amides is 1. The van der Waals surface area contributed by atoms with Crippen molar-refractivity contribution < 1.29 is 9.53 Å². The molecule has 0 radical (unpaired) electrons. The lowest BCUT2D eigenvalue weighted by Gasteiger charge is -2.11. The summed E-state index contributed by atoms with van der Waals surface area (Å²) in [6.07, 6.45) is 5.83. The first-order chi connectivity index (χ1) is 13.5. The summed E-state index contributed by atoms with van der Waals surface area (Å²) in [5.74, 6) is 0.975. The van der Waals surface area contributed by atoms with Crippen molar-refractivity contribution in [2.45, 2.75) is 33.1 Å². The SMILES string of the molecule is CCC1CC1.COc1c(C#N)cccc1-c1cc(C)n2ncc(C(N)=O)c2n1. The number of nitrogens with zero attached hydrogens (tertiary/aromatic N) is 4. The van der Waals surface area contributed by atoms with Crippen molar-refractivity contribution in [2.75, 3.05) is 7.11 Å². The maximum Gasteiger partial charge on any atom is 0.254 e. The number of aromatic nitrogens is 3. The molecule has 1 saturated carbocycles. The standard InChI is InChI=1S/C16H13N5O2.C5H10/c1-9-6-13(11-5-3-4-10(7-17)14(11)23-2)20-16-12(15(18)22)8-19-21(9)16;1-2-5-3-4-5/h3-6,8H,1-2H3,(H2,18,22);5H,2-4H2,1H3. The van der Waals surface area contributed by atoms with E-state index in [4.69, 9.17) is 10.5 Å². The van der Waals surface area contributed by atoms with Crippen LogP contribution in [0.15, 0.2) is 30.5 Å². The number of aryl methyl sites for hydroxylation is 1. The number of nitrogens with two attached hydrogens (primary N) is 1. The van der Waals surface area contributed by atoms with Crippen LogP contribution in [0.3, 0.4) is 0 Å². The highest BCUT2D eigenvalue weighted by Crippen LogP contribution is 2.33. The van der Waals surface area contributed by atoms with Gasteiger partial charge < -0.3 is 10.5 Å². The van der Waals surface area contributed by atoms with Crippen LogP contribution in [0.2, 0.25) is 0 Å². The molecule has 0 unspecified atom stereocenters. The average Bonchev–Trinajstić information content (AvgIpc) is 3.44. The predicted molar refractivity (Wildman–Crippen MR) is 106 cm³/mol. The van der Waals surface area contributed by atoms with Gasteiger partial charge in [0.1, 0.15) is 17.4 Å². The lowest BCUT2D eigenvalue weighted by Crippen LogP contribution is -2.11. The average molecular weight is 377 g/mol. The van der Waals surface area contributed by atoms with E-state index in [0.29, 0.717) is 28.2 Å². The van der Waals surface area contributed by atoms with E-state index in [1.807, 2.05) is 13.0 Å². The highest BCUT2D eigenvalue weighted by atomic mass is 16.5. The fourth-order valence-electron chi connectivity index (χ4n) is 3.00. The molecular weight excluding hydrogens is 354 g/mol.